The van der Waals surface area contributed by atoms with Gasteiger partial charge in [-0.15, -0.1) is 0 Å². The number of hydrogen-bond acceptors (Lipinski definition) is 2. The van der Waals surface area contributed by atoms with Gasteiger partial charge >= 0.3 is 0 Å². The second-order valence-electron chi connectivity index (χ2n) is 7.86. The van der Waals surface area contributed by atoms with Crippen LogP contribution in [0.2, 0.25) is 0 Å². The van der Waals surface area contributed by atoms with Gasteiger partial charge < -0.3 is 5.32 Å². The third kappa shape index (κ3) is 25.5. The van der Waals surface area contributed by atoms with Crippen molar-refractivity contribution < 1.29 is 0 Å². The molecule has 0 unspecified atom stereocenters. The Balaban J connectivity index is -0.000000415. The molecule has 0 saturated carbocycles. The topological polar surface area (TPSA) is 24.4 Å². The Kier molecular flexibility index (Phi) is 25.5. The van der Waals surface area contributed by atoms with Crippen LogP contribution in [0.25, 0.3) is 0 Å². The van der Waals surface area contributed by atoms with E-state index in [1.165, 1.54) is 22.3 Å². The molecule has 0 aromatic heterocycles. The minimum Gasteiger partial charge on any atom is -0.389 e. The Hall–Kier alpha value is -2.61. The number of nitrogens with zero attached hydrogens (tertiary/aromatic N) is 1. The molecule has 1 N–H and O–H groups in total. The lowest BCUT2D eigenvalue weighted by atomic mass is 10.1. The Labute approximate surface area is 207 Å². The lowest BCUT2D eigenvalue weighted by Crippen LogP contribution is -2.11. The first kappa shape index (κ1) is 35.0. The summed E-state index contributed by atoms with van der Waals surface area (Å²) in [6.45, 7) is 29.2. The van der Waals surface area contributed by atoms with Gasteiger partial charge in [0.05, 0.1) is 0 Å². The SMILES string of the molecule is C/C=C\C(C)=NC.C=C(/C=C\C=C(C)C)CCNC(=C)C.CC.CCc1ccc(C)c(C)c1. The van der Waals surface area contributed by atoms with Crippen molar-refractivity contribution in [2.45, 2.75) is 82.1 Å². The van der Waals surface area contributed by atoms with Gasteiger partial charge in [-0.25, -0.2) is 0 Å². The highest BCUT2D eigenvalue weighted by atomic mass is 14.9. The molecule has 0 spiro atoms. The number of aryl methyl sites for hydroxylation is 3. The number of rotatable bonds is 8. The van der Waals surface area contributed by atoms with Crippen LogP contribution in [0.1, 0.15) is 78.5 Å². The lowest BCUT2D eigenvalue weighted by molar-refractivity contribution is 0.795. The van der Waals surface area contributed by atoms with E-state index >= 15 is 0 Å². The van der Waals surface area contributed by atoms with Crippen LogP contribution in [0, 0.1) is 13.8 Å². The number of benzene rings is 1. The van der Waals surface area contributed by atoms with E-state index in [4.69, 9.17) is 0 Å². The molecule has 0 bridgehead atoms. The monoisotopic (exact) mass is 452 g/mol. The van der Waals surface area contributed by atoms with Crippen LogP contribution in [0.3, 0.4) is 0 Å². The van der Waals surface area contributed by atoms with Crippen LogP contribution in [0.15, 0.2) is 83.6 Å². The van der Waals surface area contributed by atoms with Crippen LogP contribution in [0.5, 0.6) is 0 Å². The van der Waals surface area contributed by atoms with Gasteiger partial charge in [0.15, 0.2) is 0 Å². The summed E-state index contributed by atoms with van der Waals surface area (Å²) < 4.78 is 0. The molecule has 1 rings (SSSR count). The maximum atomic E-state index is 3.96. The molecule has 0 aliphatic carbocycles. The van der Waals surface area contributed by atoms with Gasteiger partial charge in [0.25, 0.3) is 0 Å². The molecule has 2 nitrogen and oxygen atoms in total. The average Bonchev–Trinajstić information content (AvgIpc) is 2.77. The summed E-state index contributed by atoms with van der Waals surface area (Å²) in [6, 6.07) is 6.64. The molecule has 1 aromatic rings. The van der Waals surface area contributed by atoms with Crippen molar-refractivity contribution in [2.24, 2.45) is 4.99 Å². The first-order chi connectivity index (χ1) is 15.6. The smallest absolute Gasteiger partial charge is 0.0310 e. The summed E-state index contributed by atoms with van der Waals surface area (Å²) in [5.74, 6) is 0. The minimum absolute atomic E-state index is 0.910. The molecule has 33 heavy (non-hydrogen) atoms. The highest BCUT2D eigenvalue weighted by molar-refractivity contribution is 5.92. The third-order valence-corrected chi connectivity index (χ3v) is 4.37. The van der Waals surface area contributed by atoms with Gasteiger partial charge in [0, 0.05) is 25.0 Å². The Morgan fingerprint density at radius 3 is 2.00 bits per heavy atom. The zero-order valence-corrected chi connectivity index (χ0v) is 23.6. The molecule has 0 saturated heterocycles. The van der Waals surface area contributed by atoms with Crippen molar-refractivity contribution in [2.75, 3.05) is 13.6 Å². The summed E-state index contributed by atoms with van der Waals surface area (Å²) in [6.07, 6.45) is 12.2. The Morgan fingerprint density at radius 1 is 1.00 bits per heavy atom. The number of nitrogens with one attached hydrogen (secondary N) is 1. The van der Waals surface area contributed by atoms with Gasteiger partial charge in [-0.05, 0) is 84.1 Å². The van der Waals surface area contributed by atoms with Crippen molar-refractivity contribution in [3.8, 4) is 0 Å². The molecule has 0 aliphatic rings. The predicted octanol–water partition coefficient (Wildman–Crippen LogP) is 9.12. The molecular formula is C31H52N2. The van der Waals surface area contributed by atoms with Crippen molar-refractivity contribution >= 4 is 5.71 Å². The van der Waals surface area contributed by atoms with Crippen molar-refractivity contribution in [1.29, 1.82) is 0 Å². The van der Waals surface area contributed by atoms with Gasteiger partial charge in [0.2, 0.25) is 0 Å². The molecule has 2 heteroatoms. The molecule has 0 amide bonds. The average molecular weight is 453 g/mol. The zero-order valence-electron chi connectivity index (χ0n) is 23.6. The zero-order chi connectivity index (χ0) is 26.2. The fourth-order valence-electron chi connectivity index (χ4n) is 2.24. The molecule has 0 fully saturated rings. The summed E-state index contributed by atoms with van der Waals surface area (Å²) in [4.78, 5) is 3.91. The van der Waals surface area contributed by atoms with Crippen molar-refractivity contribution in [3.63, 3.8) is 0 Å². The molecule has 0 radical (unpaired) electrons. The first-order valence-electron chi connectivity index (χ1n) is 12.1. The number of allylic oxidation sites excluding steroid dienone is 7. The summed E-state index contributed by atoms with van der Waals surface area (Å²) in [5.41, 5.74) is 8.73. The third-order valence-electron chi connectivity index (χ3n) is 4.37. The lowest BCUT2D eigenvalue weighted by Gasteiger charge is -2.03. The molecule has 0 heterocycles. The van der Waals surface area contributed by atoms with Crippen molar-refractivity contribution in [3.05, 3.63) is 95.3 Å². The molecule has 0 aliphatic heterocycles. The van der Waals surface area contributed by atoms with Gasteiger partial charge in [-0.3, -0.25) is 4.99 Å². The molecular weight excluding hydrogens is 400 g/mol. The fourth-order valence-corrected chi connectivity index (χ4v) is 2.24. The van der Waals surface area contributed by atoms with E-state index in [0.717, 1.165) is 36.4 Å². The predicted molar refractivity (Wildman–Crippen MR) is 156 cm³/mol. The van der Waals surface area contributed by atoms with Gasteiger partial charge in [-0.1, -0.05) is 87.6 Å². The van der Waals surface area contributed by atoms with E-state index in [1.807, 2.05) is 58.9 Å². The first-order valence-corrected chi connectivity index (χ1v) is 12.1. The maximum Gasteiger partial charge on any atom is 0.0310 e. The summed E-state index contributed by atoms with van der Waals surface area (Å²) in [7, 11) is 1.79. The van der Waals surface area contributed by atoms with Gasteiger partial charge in [-0.2, -0.15) is 0 Å². The van der Waals surface area contributed by atoms with E-state index in [0.29, 0.717) is 0 Å². The van der Waals surface area contributed by atoms with Gasteiger partial charge in [0.1, 0.15) is 0 Å². The van der Waals surface area contributed by atoms with Crippen LogP contribution in [0.4, 0.5) is 0 Å². The van der Waals surface area contributed by atoms with E-state index < -0.39 is 0 Å². The number of aliphatic imine (C=N–C) groups is 1. The normalized spacial score (nSPS) is 10.2. The van der Waals surface area contributed by atoms with Crippen LogP contribution >= 0.6 is 0 Å². The Morgan fingerprint density at radius 2 is 1.61 bits per heavy atom. The van der Waals surface area contributed by atoms with Crippen LogP contribution < -0.4 is 5.32 Å². The highest BCUT2D eigenvalue weighted by Crippen LogP contribution is 2.09. The summed E-state index contributed by atoms with van der Waals surface area (Å²) >= 11 is 0. The second-order valence-corrected chi connectivity index (χ2v) is 7.86. The molecule has 0 atom stereocenters. The number of hydrogen-bond donors (Lipinski definition) is 1. The molecule has 186 valence electrons. The largest absolute Gasteiger partial charge is 0.389 e. The second kappa shape index (κ2) is 24.0. The minimum atomic E-state index is 0.910. The quantitative estimate of drug-likeness (QED) is 0.308. The molecule has 1 aromatic carbocycles. The summed E-state index contributed by atoms with van der Waals surface area (Å²) in [5, 5.41) is 3.17. The van der Waals surface area contributed by atoms with E-state index in [2.05, 4.69) is 82.4 Å². The maximum absolute atomic E-state index is 3.96. The standard InChI is InChI=1S/C13H21N.C10H14.C6H11N.C2H6/c1-11(2)7-6-8-13(5)9-10-14-12(3)4;1-4-10-6-5-8(2)9(3)7-10;1-4-5-6(2)7-3;1-2/h6-8,14H,3,5,9-10H2,1-2,4H3;5-7H,4H2,1-3H3;4-5H,1-3H3;1-2H3/b8-6-;;5-4-,7-6?;. The Bertz CT molecular complexity index is 770. The fraction of sp³-hybridized carbons (Fsp3) is 0.452. The highest BCUT2D eigenvalue weighted by Gasteiger charge is 1.92. The van der Waals surface area contributed by atoms with E-state index in [9.17, 15) is 0 Å². The van der Waals surface area contributed by atoms with E-state index in [-0.39, 0.29) is 0 Å². The van der Waals surface area contributed by atoms with Crippen LogP contribution in [-0.2, 0) is 6.42 Å². The van der Waals surface area contributed by atoms with Crippen LogP contribution in [-0.4, -0.2) is 19.3 Å². The van der Waals surface area contributed by atoms with E-state index in [1.54, 1.807) is 7.05 Å². The van der Waals surface area contributed by atoms with Crippen molar-refractivity contribution in [1.82, 2.24) is 5.32 Å².